The minimum absolute atomic E-state index is 0.101. The molecule has 0 aliphatic carbocycles. The van der Waals surface area contributed by atoms with Crippen LogP contribution in [0.5, 0.6) is 0 Å². The lowest BCUT2D eigenvalue weighted by Gasteiger charge is -2.10. The van der Waals surface area contributed by atoms with E-state index in [1.807, 2.05) is 30.3 Å². The molecule has 0 saturated heterocycles. The standard InChI is InChI=1S/C19H20N4O/c1-2-3-9-22-19(24)15-11-16(13-20-12-15)23-17-8-4-6-14-7-5-10-21-18(14)17/h4-8,10-13,23H,2-3,9H2,1H3,(H,22,24). The number of hydrogen-bond acceptors (Lipinski definition) is 4. The summed E-state index contributed by atoms with van der Waals surface area (Å²) in [5, 5.41) is 7.27. The molecular weight excluding hydrogens is 300 g/mol. The molecule has 0 radical (unpaired) electrons. The van der Waals surface area contributed by atoms with Gasteiger partial charge in [-0.1, -0.05) is 31.5 Å². The first kappa shape index (κ1) is 15.9. The van der Waals surface area contributed by atoms with Crippen molar-refractivity contribution in [1.29, 1.82) is 0 Å². The highest BCUT2D eigenvalue weighted by Gasteiger charge is 2.08. The van der Waals surface area contributed by atoms with Crippen LogP contribution in [0, 0.1) is 0 Å². The summed E-state index contributed by atoms with van der Waals surface area (Å²) < 4.78 is 0. The van der Waals surface area contributed by atoms with Gasteiger partial charge in [0.2, 0.25) is 0 Å². The molecule has 5 heteroatoms. The van der Waals surface area contributed by atoms with Gasteiger partial charge in [0, 0.05) is 24.3 Å². The molecule has 0 unspecified atom stereocenters. The highest BCUT2D eigenvalue weighted by Crippen LogP contribution is 2.24. The molecule has 0 fully saturated rings. The second-order valence-corrected chi connectivity index (χ2v) is 5.58. The van der Waals surface area contributed by atoms with E-state index in [1.165, 1.54) is 0 Å². The maximum Gasteiger partial charge on any atom is 0.252 e. The highest BCUT2D eigenvalue weighted by atomic mass is 16.1. The van der Waals surface area contributed by atoms with Crippen molar-refractivity contribution in [3.05, 3.63) is 60.6 Å². The lowest BCUT2D eigenvalue weighted by Crippen LogP contribution is -2.24. The smallest absolute Gasteiger partial charge is 0.252 e. The molecule has 1 aromatic carbocycles. The number of carbonyl (C=O) groups excluding carboxylic acids is 1. The average molecular weight is 320 g/mol. The fourth-order valence-electron chi connectivity index (χ4n) is 2.47. The summed E-state index contributed by atoms with van der Waals surface area (Å²) in [6.45, 7) is 2.77. The number of pyridine rings is 2. The van der Waals surface area contributed by atoms with Crippen molar-refractivity contribution in [1.82, 2.24) is 15.3 Å². The Kier molecular flexibility index (Phi) is 5.01. The normalized spacial score (nSPS) is 10.5. The Bertz CT molecular complexity index is 842. The number of anilines is 2. The second-order valence-electron chi connectivity index (χ2n) is 5.58. The third-order valence-corrected chi connectivity index (χ3v) is 3.73. The number of hydrogen-bond donors (Lipinski definition) is 2. The number of rotatable bonds is 6. The number of unbranched alkanes of at least 4 members (excludes halogenated alkanes) is 1. The quantitative estimate of drug-likeness (QED) is 0.676. The van der Waals surface area contributed by atoms with Crippen LogP contribution in [0.1, 0.15) is 30.1 Å². The molecule has 0 aliphatic heterocycles. The Hall–Kier alpha value is -2.95. The first-order valence-electron chi connectivity index (χ1n) is 8.12. The summed E-state index contributed by atoms with van der Waals surface area (Å²) in [6.07, 6.45) is 7.06. The summed E-state index contributed by atoms with van der Waals surface area (Å²) in [7, 11) is 0. The number of nitrogens with zero attached hydrogens (tertiary/aromatic N) is 2. The monoisotopic (exact) mass is 320 g/mol. The van der Waals surface area contributed by atoms with Crippen molar-refractivity contribution in [3.8, 4) is 0 Å². The van der Waals surface area contributed by atoms with Gasteiger partial charge in [-0.15, -0.1) is 0 Å². The number of carbonyl (C=O) groups is 1. The van der Waals surface area contributed by atoms with E-state index in [0.717, 1.165) is 35.1 Å². The molecule has 3 rings (SSSR count). The number of benzene rings is 1. The summed E-state index contributed by atoms with van der Waals surface area (Å²) >= 11 is 0. The van der Waals surface area contributed by atoms with Crippen molar-refractivity contribution in [3.63, 3.8) is 0 Å². The Morgan fingerprint density at radius 1 is 1.17 bits per heavy atom. The van der Waals surface area contributed by atoms with Gasteiger partial charge < -0.3 is 10.6 Å². The molecule has 1 amide bonds. The van der Waals surface area contributed by atoms with Gasteiger partial charge in [-0.2, -0.15) is 0 Å². The van der Waals surface area contributed by atoms with Gasteiger partial charge in [-0.3, -0.25) is 14.8 Å². The molecule has 122 valence electrons. The van der Waals surface area contributed by atoms with Crippen molar-refractivity contribution in [2.75, 3.05) is 11.9 Å². The van der Waals surface area contributed by atoms with Crippen LogP contribution in [0.4, 0.5) is 11.4 Å². The zero-order valence-corrected chi connectivity index (χ0v) is 13.6. The van der Waals surface area contributed by atoms with Crippen LogP contribution in [-0.4, -0.2) is 22.4 Å². The predicted octanol–water partition coefficient (Wildman–Crippen LogP) is 3.90. The zero-order chi connectivity index (χ0) is 16.8. The maximum atomic E-state index is 12.1. The van der Waals surface area contributed by atoms with Gasteiger partial charge in [-0.25, -0.2) is 0 Å². The molecule has 2 aromatic heterocycles. The van der Waals surface area contributed by atoms with E-state index in [9.17, 15) is 4.79 Å². The van der Waals surface area contributed by atoms with Crippen molar-refractivity contribution >= 4 is 28.2 Å². The minimum atomic E-state index is -0.101. The first-order chi connectivity index (χ1) is 11.8. The Labute approximate surface area is 141 Å². The van der Waals surface area contributed by atoms with Crippen LogP contribution in [0.3, 0.4) is 0 Å². The molecule has 0 atom stereocenters. The third kappa shape index (κ3) is 3.68. The Morgan fingerprint density at radius 2 is 2.04 bits per heavy atom. The Morgan fingerprint density at radius 3 is 2.92 bits per heavy atom. The third-order valence-electron chi connectivity index (χ3n) is 3.73. The molecule has 3 aromatic rings. The fraction of sp³-hybridized carbons (Fsp3) is 0.211. The highest BCUT2D eigenvalue weighted by molar-refractivity contribution is 5.96. The molecule has 2 N–H and O–H groups in total. The van der Waals surface area contributed by atoms with Gasteiger partial charge in [0.1, 0.15) is 0 Å². The summed E-state index contributed by atoms with van der Waals surface area (Å²) in [5.41, 5.74) is 3.08. The fourth-order valence-corrected chi connectivity index (χ4v) is 2.47. The first-order valence-corrected chi connectivity index (χ1v) is 8.12. The second kappa shape index (κ2) is 7.55. The number of amides is 1. The number of aromatic nitrogens is 2. The van der Waals surface area contributed by atoms with Gasteiger partial charge >= 0.3 is 0 Å². The van der Waals surface area contributed by atoms with Crippen LogP contribution >= 0.6 is 0 Å². The van der Waals surface area contributed by atoms with Crippen molar-refractivity contribution in [2.24, 2.45) is 0 Å². The summed E-state index contributed by atoms with van der Waals surface area (Å²) in [5.74, 6) is -0.101. The maximum absolute atomic E-state index is 12.1. The predicted molar refractivity (Wildman–Crippen MR) is 96.5 cm³/mol. The molecule has 0 spiro atoms. The van der Waals surface area contributed by atoms with E-state index in [4.69, 9.17) is 0 Å². The summed E-state index contributed by atoms with van der Waals surface area (Å²) in [4.78, 5) is 20.7. The molecule has 0 aliphatic rings. The van der Waals surface area contributed by atoms with Crippen LogP contribution in [0.15, 0.2) is 55.0 Å². The number of nitrogens with one attached hydrogen (secondary N) is 2. The van der Waals surface area contributed by atoms with Crippen LogP contribution in [-0.2, 0) is 0 Å². The number of para-hydroxylation sites is 1. The van der Waals surface area contributed by atoms with E-state index in [1.54, 1.807) is 24.7 Å². The van der Waals surface area contributed by atoms with E-state index in [-0.39, 0.29) is 5.91 Å². The van der Waals surface area contributed by atoms with Crippen molar-refractivity contribution in [2.45, 2.75) is 19.8 Å². The topological polar surface area (TPSA) is 66.9 Å². The lowest BCUT2D eigenvalue weighted by molar-refractivity contribution is 0.0953. The van der Waals surface area contributed by atoms with Crippen LogP contribution in [0.2, 0.25) is 0 Å². The van der Waals surface area contributed by atoms with E-state index < -0.39 is 0 Å². The lowest BCUT2D eigenvalue weighted by atomic mass is 10.2. The molecule has 24 heavy (non-hydrogen) atoms. The average Bonchev–Trinajstić information content (AvgIpc) is 2.62. The van der Waals surface area contributed by atoms with Gasteiger partial charge in [0.05, 0.1) is 28.7 Å². The zero-order valence-electron chi connectivity index (χ0n) is 13.6. The molecule has 0 bridgehead atoms. The van der Waals surface area contributed by atoms with Gasteiger partial charge in [0.15, 0.2) is 0 Å². The molecule has 0 saturated carbocycles. The number of fused-ring (bicyclic) bond motifs is 1. The van der Waals surface area contributed by atoms with E-state index in [2.05, 4.69) is 27.5 Å². The largest absolute Gasteiger partial charge is 0.352 e. The molecular formula is C19H20N4O. The SMILES string of the molecule is CCCCNC(=O)c1cncc(Nc2cccc3cccnc23)c1. The molecule has 2 heterocycles. The minimum Gasteiger partial charge on any atom is -0.352 e. The van der Waals surface area contributed by atoms with Crippen LogP contribution < -0.4 is 10.6 Å². The van der Waals surface area contributed by atoms with Gasteiger partial charge in [-0.05, 0) is 24.6 Å². The van der Waals surface area contributed by atoms with E-state index in [0.29, 0.717) is 12.1 Å². The van der Waals surface area contributed by atoms with E-state index >= 15 is 0 Å². The summed E-state index contributed by atoms with van der Waals surface area (Å²) in [6, 6.07) is 11.7. The van der Waals surface area contributed by atoms with Crippen LogP contribution in [0.25, 0.3) is 10.9 Å². The molecule has 5 nitrogen and oxygen atoms in total. The van der Waals surface area contributed by atoms with Gasteiger partial charge in [0.25, 0.3) is 5.91 Å². The van der Waals surface area contributed by atoms with Crippen molar-refractivity contribution < 1.29 is 4.79 Å². The Balaban J connectivity index is 1.80.